The fourth-order valence-electron chi connectivity index (χ4n) is 2.00. The number of carbonyl (C=O) groups excluding carboxylic acids is 2. The summed E-state index contributed by atoms with van der Waals surface area (Å²) in [6, 6.07) is 0. The largest absolute Gasteiger partial charge is 0.483 e. The molecule has 0 heterocycles. The van der Waals surface area contributed by atoms with Crippen LogP contribution in [0.4, 0.5) is 0 Å². The highest BCUT2D eigenvalue weighted by atomic mass is 16.7. The van der Waals surface area contributed by atoms with E-state index in [1.807, 2.05) is 14.0 Å². The lowest BCUT2D eigenvalue weighted by Gasteiger charge is -2.25. The van der Waals surface area contributed by atoms with Gasteiger partial charge in [0, 0.05) is 39.5 Å². The first-order chi connectivity index (χ1) is 13.2. The zero-order valence-electron chi connectivity index (χ0n) is 18.4. The Morgan fingerprint density at radius 2 is 1.54 bits per heavy atom. The van der Waals surface area contributed by atoms with E-state index in [1.165, 1.54) is 0 Å². The molecule has 0 aromatic rings. The third-order valence-corrected chi connectivity index (χ3v) is 4.26. The first kappa shape index (κ1) is 28.5. The molecule has 0 aliphatic rings. The van der Waals surface area contributed by atoms with Crippen molar-refractivity contribution in [3.63, 3.8) is 0 Å². The highest BCUT2D eigenvalue weighted by Crippen LogP contribution is 2.19. The van der Waals surface area contributed by atoms with Crippen LogP contribution in [-0.2, 0) is 19.2 Å². The van der Waals surface area contributed by atoms with E-state index in [-0.39, 0.29) is 23.7 Å². The molecule has 0 atom stereocenters. The van der Waals surface area contributed by atoms with Crippen molar-refractivity contribution >= 4 is 18.3 Å². The molecular weight excluding hydrogens is 362 g/mol. The summed E-state index contributed by atoms with van der Waals surface area (Å²) in [7, 11) is 1.87. The molecule has 8 heteroatoms. The molecule has 8 nitrogen and oxygen atoms in total. The van der Waals surface area contributed by atoms with E-state index in [4.69, 9.17) is 14.7 Å². The molecule has 0 bridgehead atoms. The Morgan fingerprint density at radius 3 is 2.00 bits per heavy atom. The van der Waals surface area contributed by atoms with Crippen LogP contribution in [0.5, 0.6) is 0 Å². The van der Waals surface area contributed by atoms with E-state index in [0.717, 1.165) is 38.6 Å². The fraction of sp³-hybridized carbons (Fsp3) is 0.850. The summed E-state index contributed by atoms with van der Waals surface area (Å²) in [4.78, 5) is 37.1. The van der Waals surface area contributed by atoms with E-state index in [1.54, 1.807) is 5.06 Å². The zero-order chi connectivity index (χ0) is 21.8. The van der Waals surface area contributed by atoms with Gasteiger partial charge in [0.25, 0.3) is 6.47 Å². The van der Waals surface area contributed by atoms with Crippen molar-refractivity contribution in [1.29, 1.82) is 0 Å². The predicted molar refractivity (Wildman–Crippen MR) is 111 cm³/mol. The Hall–Kier alpha value is -1.67. The SMILES string of the molecule is CCCC(=O)NCCCCCNC(=O)CCN(C)OCC(C)(C)CC.O=CO. The minimum atomic E-state index is -0.250. The van der Waals surface area contributed by atoms with E-state index in [0.29, 0.717) is 32.5 Å². The van der Waals surface area contributed by atoms with Gasteiger partial charge in [0.1, 0.15) is 0 Å². The molecule has 0 saturated carbocycles. The molecule has 0 radical (unpaired) electrons. The van der Waals surface area contributed by atoms with Crippen molar-refractivity contribution in [2.45, 2.75) is 72.6 Å². The van der Waals surface area contributed by atoms with E-state index in [2.05, 4.69) is 31.4 Å². The Bertz CT molecular complexity index is 417. The van der Waals surface area contributed by atoms with Gasteiger partial charge in [0.15, 0.2) is 0 Å². The summed E-state index contributed by atoms with van der Waals surface area (Å²) < 4.78 is 0. The number of carboxylic acid groups (broad SMARTS) is 1. The number of amides is 2. The fourth-order valence-corrected chi connectivity index (χ4v) is 2.00. The van der Waals surface area contributed by atoms with Gasteiger partial charge in [-0.1, -0.05) is 27.7 Å². The van der Waals surface area contributed by atoms with Gasteiger partial charge in [0.2, 0.25) is 11.8 Å². The maximum atomic E-state index is 11.8. The molecule has 0 spiro atoms. The lowest BCUT2D eigenvalue weighted by Crippen LogP contribution is -2.32. The van der Waals surface area contributed by atoms with Crippen molar-refractivity contribution in [1.82, 2.24) is 15.7 Å². The van der Waals surface area contributed by atoms with Crippen LogP contribution < -0.4 is 10.6 Å². The van der Waals surface area contributed by atoms with Crippen LogP contribution in [0.25, 0.3) is 0 Å². The number of nitrogens with zero attached hydrogens (tertiary/aromatic N) is 1. The molecular formula is C20H41N3O5. The number of rotatable bonds is 15. The van der Waals surface area contributed by atoms with Crippen LogP contribution >= 0.6 is 0 Å². The summed E-state index contributed by atoms with van der Waals surface area (Å²) in [6.45, 7) is 10.9. The minimum Gasteiger partial charge on any atom is -0.483 e. The van der Waals surface area contributed by atoms with Crippen molar-refractivity contribution in [3.8, 4) is 0 Å². The summed E-state index contributed by atoms with van der Waals surface area (Å²) in [5, 5.41) is 14.5. The number of hydrogen-bond donors (Lipinski definition) is 3. The maximum absolute atomic E-state index is 11.8. The molecule has 0 fully saturated rings. The average molecular weight is 404 g/mol. The monoisotopic (exact) mass is 403 g/mol. The van der Waals surface area contributed by atoms with Gasteiger partial charge in [-0.05, 0) is 37.5 Å². The van der Waals surface area contributed by atoms with Crippen molar-refractivity contribution in [3.05, 3.63) is 0 Å². The van der Waals surface area contributed by atoms with Gasteiger partial charge in [0.05, 0.1) is 6.61 Å². The number of hydrogen-bond acceptors (Lipinski definition) is 5. The van der Waals surface area contributed by atoms with Crippen LogP contribution in [-0.4, -0.2) is 61.7 Å². The molecule has 166 valence electrons. The van der Waals surface area contributed by atoms with Gasteiger partial charge < -0.3 is 15.7 Å². The van der Waals surface area contributed by atoms with Gasteiger partial charge in [-0.3, -0.25) is 19.2 Å². The molecule has 0 aromatic carbocycles. The molecule has 2 amide bonds. The Morgan fingerprint density at radius 1 is 1.04 bits per heavy atom. The Labute approximate surface area is 170 Å². The molecule has 28 heavy (non-hydrogen) atoms. The number of unbranched alkanes of at least 4 members (excludes halogenated alkanes) is 2. The minimum absolute atomic E-state index is 0.0569. The molecule has 0 saturated heterocycles. The van der Waals surface area contributed by atoms with Crippen LogP contribution in [0.1, 0.15) is 72.6 Å². The van der Waals surface area contributed by atoms with Crippen molar-refractivity contribution in [2.75, 3.05) is 33.3 Å². The third-order valence-electron chi connectivity index (χ3n) is 4.26. The number of nitrogens with one attached hydrogen (secondary N) is 2. The van der Waals surface area contributed by atoms with Crippen molar-refractivity contribution < 1.29 is 24.3 Å². The quantitative estimate of drug-likeness (QED) is 0.220. The van der Waals surface area contributed by atoms with Gasteiger partial charge in [-0.15, -0.1) is 0 Å². The smallest absolute Gasteiger partial charge is 0.290 e. The number of hydroxylamine groups is 2. The zero-order valence-corrected chi connectivity index (χ0v) is 18.4. The highest BCUT2D eigenvalue weighted by molar-refractivity contribution is 5.76. The lowest BCUT2D eigenvalue weighted by atomic mass is 9.92. The first-order valence-electron chi connectivity index (χ1n) is 10.2. The van der Waals surface area contributed by atoms with E-state index in [9.17, 15) is 9.59 Å². The maximum Gasteiger partial charge on any atom is 0.290 e. The Balaban J connectivity index is 0. The van der Waals surface area contributed by atoms with Crippen LogP contribution in [0.2, 0.25) is 0 Å². The molecule has 0 aliphatic carbocycles. The summed E-state index contributed by atoms with van der Waals surface area (Å²) >= 11 is 0. The predicted octanol–water partition coefficient (Wildman–Crippen LogP) is 2.58. The molecule has 0 unspecified atom stereocenters. The normalized spacial score (nSPS) is 10.8. The molecule has 0 aromatic heterocycles. The lowest BCUT2D eigenvalue weighted by molar-refractivity contribution is -0.165. The summed E-state index contributed by atoms with van der Waals surface area (Å²) in [5.74, 6) is 0.186. The summed E-state index contributed by atoms with van der Waals surface area (Å²) in [5.41, 5.74) is 0.159. The van der Waals surface area contributed by atoms with E-state index >= 15 is 0 Å². The second-order valence-electron chi connectivity index (χ2n) is 7.51. The van der Waals surface area contributed by atoms with Crippen LogP contribution in [0.15, 0.2) is 0 Å². The van der Waals surface area contributed by atoms with Gasteiger partial charge >= 0.3 is 0 Å². The highest BCUT2D eigenvalue weighted by Gasteiger charge is 2.16. The first-order valence-corrected chi connectivity index (χ1v) is 10.2. The molecule has 0 aliphatic heterocycles. The Kier molecular flexibility index (Phi) is 19.0. The molecule has 0 rings (SSSR count). The van der Waals surface area contributed by atoms with Crippen LogP contribution in [0.3, 0.4) is 0 Å². The average Bonchev–Trinajstić information content (AvgIpc) is 2.65. The second kappa shape index (κ2) is 18.7. The third kappa shape index (κ3) is 20.6. The molecule has 3 N–H and O–H groups in total. The standard InChI is InChI=1S/C19H39N3O3.CH2O2/c1-6-11-17(23)20-13-9-8-10-14-21-18(24)12-15-22(5)25-16-19(3,4)7-2;2-1-3/h6-16H2,1-5H3,(H,20,23)(H,21,24);1H,(H,2,3). The van der Waals surface area contributed by atoms with Gasteiger partial charge in [-0.2, -0.15) is 5.06 Å². The van der Waals surface area contributed by atoms with Crippen LogP contribution in [0, 0.1) is 5.41 Å². The van der Waals surface area contributed by atoms with E-state index < -0.39 is 0 Å². The summed E-state index contributed by atoms with van der Waals surface area (Å²) in [6.07, 6.45) is 5.88. The topological polar surface area (TPSA) is 108 Å². The number of carbonyl (C=O) groups is 3. The van der Waals surface area contributed by atoms with Crippen molar-refractivity contribution in [2.24, 2.45) is 5.41 Å². The van der Waals surface area contributed by atoms with Gasteiger partial charge in [-0.25, -0.2) is 0 Å². The second-order valence-corrected chi connectivity index (χ2v) is 7.51.